The van der Waals surface area contributed by atoms with Crippen LogP contribution in [0.1, 0.15) is 18.5 Å². The largest absolute Gasteiger partial charge is 0.493 e. The fourth-order valence-corrected chi connectivity index (χ4v) is 2.30. The van der Waals surface area contributed by atoms with Crippen molar-refractivity contribution in [2.75, 3.05) is 19.5 Å². The molecule has 1 amide bonds. The molecule has 0 aliphatic rings. The Balaban J connectivity index is 0.00000288. The molecule has 0 aromatic heterocycles. The molecule has 3 N–H and O–H groups in total. The highest BCUT2D eigenvalue weighted by Crippen LogP contribution is 2.30. The Morgan fingerprint density at radius 1 is 1.04 bits per heavy atom. The van der Waals surface area contributed by atoms with Crippen molar-refractivity contribution in [2.24, 2.45) is 11.7 Å². The van der Waals surface area contributed by atoms with Crippen molar-refractivity contribution in [3.05, 3.63) is 54.1 Å². The molecule has 6 heteroatoms. The van der Waals surface area contributed by atoms with Crippen LogP contribution < -0.4 is 20.5 Å². The second-order valence-corrected chi connectivity index (χ2v) is 5.28. The van der Waals surface area contributed by atoms with E-state index in [1.807, 2.05) is 37.3 Å². The zero-order valence-electron chi connectivity index (χ0n) is 14.0. The molecule has 2 aromatic rings. The van der Waals surface area contributed by atoms with Gasteiger partial charge in [-0.3, -0.25) is 4.79 Å². The Kier molecular flexibility index (Phi) is 7.55. The van der Waals surface area contributed by atoms with E-state index >= 15 is 0 Å². The number of nitrogens with one attached hydrogen (secondary N) is 1. The minimum atomic E-state index is -0.370. The number of ether oxygens (including phenoxy) is 2. The second-order valence-electron chi connectivity index (χ2n) is 5.28. The van der Waals surface area contributed by atoms with Gasteiger partial charge in [-0.05, 0) is 17.7 Å². The molecule has 0 aliphatic heterocycles. The first kappa shape index (κ1) is 19.8. The summed E-state index contributed by atoms with van der Waals surface area (Å²) in [5, 5.41) is 2.86. The maximum Gasteiger partial charge on any atom is 0.229 e. The maximum absolute atomic E-state index is 12.4. The van der Waals surface area contributed by atoms with Gasteiger partial charge in [-0.25, -0.2) is 0 Å². The Bertz CT molecular complexity index is 665. The van der Waals surface area contributed by atoms with Crippen LogP contribution in [0.2, 0.25) is 0 Å². The van der Waals surface area contributed by atoms with Gasteiger partial charge >= 0.3 is 0 Å². The normalized spacial score (nSPS) is 12.5. The van der Waals surface area contributed by atoms with E-state index in [-0.39, 0.29) is 30.3 Å². The van der Waals surface area contributed by atoms with Gasteiger partial charge in [-0.15, -0.1) is 12.4 Å². The standard InChI is InChI=1S/C18H22N2O3.ClH/c1-12(17(19)13-7-5-4-6-8-13)18(21)20-14-9-10-15(22-2)16(11-14)23-3;/h4-12,17H,19H2,1-3H3,(H,20,21);1H. The Labute approximate surface area is 148 Å². The third-order valence-electron chi connectivity index (χ3n) is 3.79. The molecule has 0 heterocycles. The predicted molar refractivity (Wildman–Crippen MR) is 98.0 cm³/mol. The lowest BCUT2D eigenvalue weighted by molar-refractivity contribution is -0.120. The molecule has 0 aliphatic carbocycles. The van der Waals surface area contributed by atoms with Gasteiger partial charge in [0.15, 0.2) is 11.5 Å². The molecule has 0 radical (unpaired) electrons. The van der Waals surface area contributed by atoms with E-state index < -0.39 is 0 Å². The summed E-state index contributed by atoms with van der Waals surface area (Å²) in [7, 11) is 3.12. The number of methoxy groups -OCH3 is 2. The molecule has 2 aromatic carbocycles. The van der Waals surface area contributed by atoms with Crippen LogP contribution in [0.15, 0.2) is 48.5 Å². The third kappa shape index (κ3) is 4.63. The van der Waals surface area contributed by atoms with Crippen LogP contribution in [0.3, 0.4) is 0 Å². The molecule has 2 rings (SSSR count). The highest BCUT2D eigenvalue weighted by Gasteiger charge is 2.22. The Hall–Kier alpha value is -2.24. The first-order valence-electron chi connectivity index (χ1n) is 7.40. The lowest BCUT2D eigenvalue weighted by Gasteiger charge is -2.20. The van der Waals surface area contributed by atoms with Gasteiger partial charge in [0.2, 0.25) is 5.91 Å². The molecular formula is C18H23ClN2O3. The van der Waals surface area contributed by atoms with Crippen LogP contribution >= 0.6 is 12.4 Å². The van der Waals surface area contributed by atoms with Gasteiger partial charge in [-0.2, -0.15) is 0 Å². The summed E-state index contributed by atoms with van der Waals surface area (Å²) in [4.78, 5) is 12.4. The average Bonchev–Trinajstić information content (AvgIpc) is 2.60. The van der Waals surface area contributed by atoms with E-state index in [1.165, 1.54) is 0 Å². The van der Waals surface area contributed by atoms with Crippen molar-refractivity contribution in [3.8, 4) is 11.5 Å². The van der Waals surface area contributed by atoms with Crippen LogP contribution in [0.5, 0.6) is 11.5 Å². The van der Waals surface area contributed by atoms with Gasteiger partial charge < -0.3 is 20.5 Å². The van der Waals surface area contributed by atoms with E-state index in [1.54, 1.807) is 32.4 Å². The SMILES string of the molecule is COc1ccc(NC(=O)C(C)C(N)c2ccccc2)cc1OC.Cl. The van der Waals surface area contributed by atoms with E-state index in [4.69, 9.17) is 15.2 Å². The number of hydrogen-bond acceptors (Lipinski definition) is 4. The van der Waals surface area contributed by atoms with Crippen molar-refractivity contribution < 1.29 is 14.3 Å². The van der Waals surface area contributed by atoms with Gasteiger partial charge in [0, 0.05) is 17.8 Å². The molecule has 24 heavy (non-hydrogen) atoms. The van der Waals surface area contributed by atoms with Crippen molar-refractivity contribution in [1.29, 1.82) is 0 Å². The first-order chi connectivity index (χ1) is 11.1. The molecule has 130 valence electrons. The molecule has 2 unspecified atom stereocenters. The van der Waals surface area contributed by atoms with Crippen LogP contribution in [0, 0.1) is 5.92 Å². The molecule has 0 spiro atoms. The average molecular weight is 351 g/mol. The van der Waals surface area contributed by atoms with Crippen molar-refractivity contribution >= 4 is 24.0 Å². The van der Waals surface area contributed by atoms with Crippen molar-refractivity contribution in [3.63, 3.8) is 0 Å². The number of nitrogens with two attached hydrogens (primary N) is 1. The van der Waals surface area contributed by atoms with Gasteiger partial charge in [0.25, 0.3) is 0 Å². The molecular weight excluding hydrogens is 328 g/mol. The quantitative estimate of drug-likeness (QED) is 0.837. The number of carbonyl (C=O) groups excluding carboxylic acids is 1. The predicted octanol–water partition coefficient (Wildman–Crippen LogP) is 3.40. The molecule has 0 fully saturated rings. The minimum Gasteiger partial charge on any atom is -0.493 e. The van der Waals surface area contributed by atoms with Crippen molar-refractivity contribution in [2.45, 2.75) is 13.0 Å². The van der Waals surface area contributed by atoms with Gasteiger partial charge in [-0.1, -0.05) is 37.3 Å². The Morgan fingerprint density at radius 3 is 2.25 bits per heavy atom. The monoisotopic (exact) mass is 350 g/mol. The van der Waals surface area contributed by atoms with E-state index in [0.29, 0.717) is 17.2 Å². The lowest BCUT2D eigenvalue weighted by Crippen LogP contribution is -2.30. The summed E-state index contributed by atoms with van der Waals surface area (Å²) in [6.07, 6.45) is 0. The number of anilines is 1. The van der Waals surface area contributed by atoms with Crippen LogP contribution in [-0.4, -0.2) is 20.1 Å². The number of halogens is 1. The van der Waals surface area contributed by atoms with E-state index in [9.17, 15) is 4.79 Å². The van der Waals surface area contributed by atoms with Gasteiger partial charge in [0.05, 0.1) is 20.1 Å². The third-order valence-corrected chi connectivity index (χ3v) is 3.79. The Morgan fingerprint density at radius 2 is 1.67 bits per heavy atom. The summed E-state index contributed by atoms with van der Waals surface area (Å²) >= 11 is 0. The molecule has 2 atom stereocenters. The summed E-state index contributed by atoms with van der Waals surface area (Å²) < 4.78 is 10.4. The van der Waals surface area contributed by atoms with E-state index in [2.05, 4.69) is 5.32 Å². The van der Waals surface area contributed by atoms with Crippen LogP contribution in [0.4, 0.5) is 5.69 Å². The summed E-state index contributed by atoms with van der Waals surface area (Å²) in [6.45, 7) is 1.81. The van der Waals surface area contributed by atoms with Crippen molar-refractivity contribution in [1.82, 2.24) is 0 Å². The highest BCUT2D eigenvalue weighted by molar-refractivity contribution is 5.93. The minimum absolute atomic E-state index is 0. The lowest BCUT2D eigenvalue weighted by atomic mass is 9.94. The maximum atomic E-state index is 12.4. The fraction of sp³-hybridized carbons (Fsp3) is 0.278. The molecule has 0 saturated carbocycles. The van der Waals surface area contributed by atoms with Crippen LogP contribution in [0.25, 0.3) is 0 Å². The fourth-order valence-electron chi connectivity index (χ4n) is 2.30. The number of amides is 1. The number of hydrogen-bond donors (Lipinski definition) is 2. The zero-order valence-corrected chi connectivity index (χ0v) is 14.8. The smallest absolute Gasteiger partial charge is 0.229 e. The number of benzene rings is 2. The van der Waals surface area contributed by atoms with E-state index in [0.717, 1.165) is 5.56 Å². The first-order valence-corrected chi connectivity index (χ1v) is 7.40. The topological polar surface area (TPSA) is 73.6 Å². The highest BCUT2D eigenvalue weighted by atomic mass is 35.5. The molecule has 0 saturated heterocycles. The van der Waals surface area contributed by atoms with Crippen LogP contribution in [-0.2, 0) is 4.79 Å². The zero-order chi connectivity index (χ0) is 16.8. The number of rotatable bonds is 6. The summed E-state index contributed by atoms with van der Waals surface area (Å²) in [5.41, 5.74) is 7.76. The molecule has 5 nitrogen and oxygen atoms in total. The summed E-state index contributed by atoms with van der Waals surface area (Å²) in [6, 6.07) is 14.5. The number of carbonyl (C=O) groups is 1. The second kappa shape index (κ2) is 9.15. The molecule has 0 bridgehead atoms. The summed E-state index contributed by atoms with van der Waals surface area (Å²) in [5.74, 6) is 0.656. The van der Waals surface area contributed by atoms with Gasteiger partial charge in [0.1, 0.15) is 0 Å².